The Morgan fingerprint density at radius 1 is 1.19 bits per heavy atom. The van der Waals surface area contributed by atoms with Gasteiger partial charge in [0.1, 0.15) is 5.60 Å². The highest BCUT2D eigenvalue weighted by atomic mass is 127. The summed E-state index contributed by atoms with van der Waals surface area (Å²) in [5.41, 5.74) is -0.112. The maximum absolute atomic E-state index is 13.3. The first-order chi connectivity index (χ1) is 11.9. The molecule has 1 heterocycles. The van der Waals surface area contributed by atoms with Crippen molar-refractivity contribution in [2.45, 2.75) is 39.8 Å². The summed E-state index contributed by atoms with van der Waals surface area (Å²) in [6, 6.07) is 3.07. The molecule has 1 aliphatic heterocycles. The monoisotopic (exact) mass is 483 g/mol. The van der Waals surface area contributed by atoms with Gasteiger partial charge in [-0.3, -0.25) is 4.90 Å². The maximum Gasteiger partial charge on any atom is 0.509 e. The van der Waals surface area contributed by atoms with Gasteiger partial charge in [0.2, 0.25) is 0 Å². The summed E-state index contributed by atoms with van der Waals surface area (Å²) in [4.78, 5) is 15.8. The van der Waals surface area contributed by atoms with Gasteiger partial charge in [-0.2, -0.15) is 0 Å². The Labute approximate surface area is 166 Å². The lowest BCUT2D eigenvalue weighted by atomic mass is 9.76. The predicted octanol–water partition coefficient (Wildman–Crippen LogP) is 3.71. The van der Waals surface area contributed by atoms with Crippen molar-refractivity contribution in [1.82, 2.24) is 9.80 Å². The third-order valence-corrected chi connectivity index (χ3v) is 5.35. The molecular formula is C17H24BF3IN2O2-. The van der Waals surface area contributed by atoms with E-state index in [1.807, 2.05) is 43.4 Å². The summed E-state index contributed by atoms with van der Waals surface area (Å²) < 4.78 is 45.7. The zero-order valence-corrected chi connectivity index (χ0v) is 17.6. The Morgan fingerprint density at radius 2 is 1.77 bits per heavy atom. The lowest BCUT2D eigenvalue weighted by Crippen LogP contribution is -2.49. The van der Waals surface area contributed by atoms with E-state index in [1.165, 1.54) is 13.0 Å². The van der Waals surface area contributed by atoms with Gasteiger partial charge in [-0.05, 0) is 61.9 Å². The van der Waals surface area contributed by atoms with E-state index in [-0.39, 0.29) is 11.7 Å². The topological polar surface area (TPSA) is 32.8 Å². The lowest BCUT2D eigenvalue weighted by molar-refractivity contribution is 0.0139. The average molecular weight is 483 g/mol. The lowest BCUT2D eigenvalue weighted by Gasteiger charge is -2.35. The van der Waals surface area contributed by atoms with Crippen LogP contribution < -0.4 is 5.46 Å². The van der Waals surface area contributed by atoms with Crippen LogP contribution in [0.3, 0.4) is 0 Å². The standard InChI is InChI=1S/C17H24BF3IN2O2/c1-12-14(18(19,20)21)9-13(10-15(12)22)11-23-5-7-24(8-6-23)16(25)26-17(2,3)4/h9-10H,5-8,11H2,1-4H3/q-1. The molecule has 0 spiro atoms. The van der Waals surface area contributed by atoms with E-state index in [0.29, 0.717) is 41.9 Å². The fourth-order valence-electron chi connectivity index (χ4n) is 2.86. The molecule has 146 valence electrons. The van der Waals surface area contributed by atoms with E-state index >= 15 is 0 Å². The molecule has 26 heavy (non-hydrogen) atoms. The van der Waals surface area contributed by atoms with Crippen molar-refractivity contribution in [3.05, 3.63) is 26.8 Å². The Morgan fingerprint density at radius 3 is 2.27 bits per heavy atom. The van der Waals surface area contributed by atoms with Gasteiger partial charge in [-0.25, -0.2) is 4.79 Å². The smallest absolute Gasteiger partial charge is 0.445 e. The molecule has 0 N–H and O–H groups in total. The first kappa shape index (κ1) is 21.3. The maximum atomic E-state index is 13.3. The molecule has 0 aliphatic carbocycles. The van der Waals surface area contributed by atoms with Crippen molar-refractivity contribution in [2.75, 3.05) is 26.2 Å². The number of halogens is 4. The molecular weight excluding hydrogens is 459 g/mol. The van der Waals surface area contributed by atoms with Gasteiger partial charge in [0.25, 0.3) is 0 Å². The van der Waals surface area contributed by atoms with E-state index < -0.39 is 18.0 Å². The van der Waals surface area contributed by atoms with Gasteiger partial charge in [0.15, 0.2) is 0 Å². The Balaban J connectivity index is 2.00. The fourth-order valence-corrected chi connectivity index (χ4v) is 3.57. The van der Waals surface area contributed by atoms with Crippen molar-refractivity contribution >= 4 is 41.1 Å². The SMILES string of the molecule is Cc1c(I)cc(CN2CCN(C(=O)OC(C)(C)C)CC2)cc1[B-](F)(F)F. The van der Waals surface area contributed by atoms with Crippen LogP contribution in [0.15, 0.2) is 12.1 Å². The van der Waals surface area contributed by atoms with Crippen molar-refractivity contribution in [1.29, 1.82) is 0 Å². The van der Waals surface area contributed by atoms with Gasteiger partial charge in [0.05, 0.1) is 0 Å². The number of ether oxygens (including phenoxy) is 1. The fraction of sp³-hybridized carbons (Fsp3) is 0.588. The van der Waals surface area contributed by atoms with Crippen LogP contribution in [-0.2, 0) is 11.3 Å². The summed E-state index contributed by atoms with van der Waals surface area (Å²) in [5.74, 6) is 0. The molecule has 2 rings (SSSR count). The highest BCUT2D eigenvalue weighted by Gasteiger charge is 2.29. The van der Waals surface area contributed by atoms with Crippen LogP contribution in [0.5, 0.6) is 0 Å². The third kappa shape index (κ3) is 5.77. The van der Waals surface area contributed by atoms with Gasteiger partial charge in [0, 0.05) is 36.3 Å². The summed E-state index contributed by atoms with van der Waals surface area (Å²) in [6.07, 6.45) is -0.343. The molecule has 1 aromatic carbocycles. The van der Waals surface area contributed by atoms with Gasteiger partial charge in [-0.1, -0.05) is 11.6 Å². The minimum absolute atomic E-state index is 0.289. The van der Waals surface area contributed by atoms with Crippen molar-refractivity contribution in [3.8, 4) is 0 Å². The molecule has 0 saturated carbocycles. The second-order valence-corrected chi connectivity index (χ2v) is 8.77. The molecule has 0 unspecified atom stereocenters. The van der Waals surface area contributed by atoms with Crippen molar-refractivity contribution < 1.29 is 22.5 Å². The summed E-state index contributed by atoms with van der Waals surface area (Å²) in [5, 5.41) is 0. The largest absolute Gasteiger partial charge is 0.509 e. The van der Waals surface area contributed by atoms with E-state index in [9.17, 15) is 17.7 Å². The van der Waals surface area contributed by atoms with Crippen LogP contribution in [0, 0.1) is 10.5 Å². The van der Waals surface area contributed by atoms with Crippen molar-refractivity contribution in [2.24, 2.45) is 0 Å². The van der Waals surface area contributed by atoms with Gasteiger partial charge >= 0.3 is 13.1 Å². The molecule has 1 aliphatic rings. The second-order valence-electron chi connectivity index (χ2n) is 7.61. The molecule has 0 aromatic heterocycles. The highest BCUT2D eigenvalue weighted by molar-refractivity contribution is 14.1. The molecule has 1 saturated heterocycles. The minimum Gasteiger partial charge on any atom is -0.445 e. The zero-order chi connectivity index (χ0) is 19.7. The van der Waals surface area contributed by atoms with Crippen LogP contribution in [0.2, 0.25) is 0 Å². The van der Waals surface area contributed by atoms with E-state index in [1.54, 1.807) is 11.0 Å². The highest BCUT2D eigenvalue weighted by Crippen LogP contribution is 2.20. The van der Waals surface area contributed by atoms with E-state index in [0.717, 1.165) is 0 Å². The number of carbonyl (C=O) groups excluding carboxylic acids is 1. The number of nitrogens with zero attached hydrogens (tertiary/aromatic N) is 2. The molecule has 0 atom stereocenters. The minimum atomic E-state index is -5.03. The Hall–Kier alpha value is -0.965. The van der Waals surface area contributed by atoms with Gasteiger partial charge in [-0.15, -0.1) is 5.46 Å². The van der Waals surface area contributed by atoms with Crippen LogP contribution >= 0.6 is 22.6 Å². The Bertz CT molecular complexity index is 669. The normalized spacial score (nSPS) is 16.7. The second kappa shape index (κ2) is 7.96. The average Bonchev–Trinajstić information content (AvgIpc) is 2.48. The number of hydrogen-bond donors (Lipinski definition) is 0. The predicted molar refractivity (Wildman–Crippen MR) is 106 cm³/mol. The molecule has 1 aromatic rings. The van der Waals surface area contributed by atoms with Crippen LogP contribution in [0.1, 0.15) is 31.9 Å². The molecule has 0 bridgehead atoms. The molecule has 4 nitrogen and oxygen atoms in total. The van der Waals surface area contributed by atoms with E-state index in [2.05, 4.69) is 4.90 Å². The molecule has 1 amide bonds. The number of hydrogen-bond acceptors (Lipinski definition) is 3. The third-order valence-electron chi connectivity index (χ3n) is 4.23. The van der Waals surface area contributed by atoms with E-state index in [4.69, 9.17) is 4.74 Å². The quantitative estimate of drug-likeness (QED) is 0.486. The van der Waals surface area contributed by atoms with Gasteiger partial charge < -0.3 is 22.6 Å². The first-order valence-electron chi connectivity index (χ1n) is 8.56. The summed E-state index contributed by atoms with van der Waals surface area (Å²) in [6.45, 7) is 4.62. The number of carbonyl (C=O) groups is 1. The summed E-state index contributed by atoms with van der Waals surface area (Å²) >= 11 is 1.96. The first-order valence-corrected chi connectivity index (χ1v) is 9.64. The molecule has 0 radical (unpaired) electrons. The number of piperazine rings is 1. The van der Waals surface area contributed by atoms with Crippen molar-refractivity contribution in [3.63, 3.8) is 0 Å². The Kier molecular flexibility index (Phi) is 6.53. The summed E-state index contributed by atoms with van der Waals surface area (Å²) in [7, 11) is 0. The van der Waals surface area contributed by atoms with Crippen LogP contribution in [0.4, 0.5) is 17.7 Å². The molecule has 9 heteroatoms. The number of rotatable bonds is 3. The number of amides is 1. The van der Waals surface area contributed by atoms with Crippen LogP contribution in [0.25, 0.3) is 0 Å². The number of benzene rings is 1. The van der Waals surface area contributed by atoms with Crippen LogP contribution in [-0.4, -0.2) is 54.7 Å². The zero-order valence-electron chi connectivity index (χ0n) is 15.5. The molecule has 1 fully saturated rings.